The standard InChI is InChI=1S/C10H10N2O2S/c11-9(10(13)14-12-7-15)6-8-4-2-1-3-5-8/h1-5,9H,6,11H2/t9-/m0/s1. The highest BCUT2D eigenvalue weighted by Gasteiger charge is 2.15. The number of isothiocyanates is 1. The number of rotatable bonds is 4. The molecule has 0 heterocycles. The molecule has 0 aromatic heterocycles. The van der Waals surface area contributed by atoms with Gasteiger partial charge in [0.2, 0.25) is 0 Å². The molecule has 0 bridgehead atoms. The van der Waals surface area contributed by atoms with E-state index in [1.807, 2.05) is 35.5 Å². The summed E-state index contributed by atoms with van der Waals surface area (Å²) >= 11 is 4.25. The number of carbonyl (C=O) groups is 1. The lowest BCUT2D eigenvalue weighted by Gasteiger charge is -2.07. The van der Waals surface area contributed by atoms with Crippen molar-refractivity contribution in [3.8, 4) is 0 Å². The molecular formula is C10H10N2O2S. The molecule has 0 aliphatic rings. The van der Waals surface area contributed by atoms with Crippen LogP contribution in [0.15, 0.2) is 35.5 Å². The zero-order valence-corrected chi connectivity index (χ0v) is 8.74. The second kappa shape index (κ2) is 6.03. The van der Waals surface area contributed by atoms with Crippen molar-refractivity contribution >= 4 is 23.3 Å². The molecule has 2 N–H and O–H groups in total. The fraction of sp³-hybridized carbons (Fsp3) is 0.200. The van der Waals surface area contributed by atoms with E-state index in [9.17, 15) is 4.79 Å². The highest BCUT2D eigenvalue weighted by molar-refractivity contribution is 7.78. The summed E-state index contributed by atoms with van der Waals surface area (Å²) in [4.78, 5) is 15.5. The van der Waals surface area contributed by atoms with E-state index in [0.717, 1.165) is 5.56 Å². The molecule has 4 nitrogen and oxygen atoms in total. The van der Waals surface area contributed by atoms with Crippen molar-refractivity contribution in [3.63, 3.8) is 0 Å². The Hall–Kier alpha value is -1.55. The van der Waals surface area contributed by atoms with Crippen LogP contribution < -0.4 is 5.73 Å². The second-order valence-corrected chi connectivity index (χ2v) is 3.07. The number of hydrogen-bond acceptors (Lipinski definition) is 5. The first-order valence-electron chi connectivity index (χ1n) is 4.31. The van der Waals surface area contributed by atoms with Crippen molar-refractivity contribution in [3.05, 3.63) is 35.9 Å². The first-order chi connectivity index (χ1) is 7.24. The van der Waals surface area contributed by atoms with E-state index < -0.39 is 12.0 Å². The van der Waals surface area contributed by atoms with Crippen LogP contribution in [0.5, 0.6) is 0 Å². The zero-order valence-electron chi connectivity index (χ0n) is 7.92. The van der Waals surface area contributed by atoms with Gasteiger partial charge in [0.05, 0.1) is 0 Å². The lowest BCUT2D eigenvalue weighted by atomic mass is 10.1. The van der Waals surface area contributed by atoms with E-state index in [0.29, 0.717) is 6.42 Å². The molecular weight excluding hydrogens is 212 g/mol. The molecule has 0 unspecified atom stereocenters. The molecule has 0 aliphatic carbocycles. The van der Waals surface area contributed by atoms with E-state index in [4.69, 9.17) is 5.73 Å². The van der Waals surface area contributed by atoms with Gasteiger partial charge in [-0.2, -0.15) is 0 Å². The summed E-state index contributed by atoms with van der Waals surface area (Å²) in [6, 6.07) is 8.68. The predicted molar refractivity (Wildman–Crippen MR) is 59.2 cm³/mol. The van der Waals surface area contributed by atoms with Gasteiger partial charge in [-0.05, 0) is 29.4 Å². The third kappa shape index (κ3) is 3.99. The van der Waals surface area contributed by atoms with Crippen LogP contribution in [0.1, 0.15) is 5.56 Å². The van der Waals surface area contributed by atoms with Crippen LogP contribution in [-0.2, 0) is 16.1 Å². The molecule has 0 saturated heterocycles. The van der Waals surface area contributed by atoms with Crippen LogP contribution in [0, 0.1) is 0 Å². The molecule has 1 atom stereocenters. The number of benzene rings is 1. The fourth-order valence-electron chi connectivity index (χ4n) is 1.08. The molecule has 0 aliphatic heterocycles. The van der Waals surface area contributed by atoms with Gasteiger partial charge in [0, 0.05) is 0 Å². The molecule has 0 saturated carbocycles. The molecule has 1 rings (SSSR count). The Kier molecular flexibility index (Phi) is 4.63. The Morgan fingerprint density at radius 3 is 2.80 bits per heavy atom. The fourth-order valence-corrected chi connectivity index (χ4v) is 1.12. The minimum absolute atomic E-state index is 0.409. The average Bonchev–Trinajstić information content (AvgIpc) is 2.27. The molecule has 1 aromatic carbocycles. The summed E-state index contributed by atoms with van der Waals surface area (Å²) in [5.74, 6) is -0.615. The van der Waals surface area contributed by atoms with Crippen molar-refractivity contribution < 1.29 is 9.63 Å². The van der Waals surface area contributed by atoms with Crippen LogP contribution in [0.2, 0.25) is 0 Å². The number of nitrogens with two attached hydrogens (primary N) is 1. The molecule has 0 amide bonds. The van der Waals surface area contributed by atoms with Crippen LogP contribution in [0.25, 0.3) is 0 Å². The molecule has 0 fully saturated rings. The van der Waals surface area contributed by atoms with Crippen molar-refractivity contribution in [2.75, 3.05) is 0 Å². The molecule has 15 heavy (non-hydrogen) atoms. The van der Waals surface area contributed by atoms with Gasteiger partial charge in [-0.3, -0.25) is 0 Å². The van der Waals surface area contributed by atoms with E-state index in [-0.39, 0.29) is 0 Å². The molecule has 0 spiro atoms. The number of nitrogens with zero attached hydrogens (tertiary/aromatic N) is 1. The SMILES string of the molecule is N[C@@H](Cc1ccccc1)C(=O)ON=C=S. The lowest BCUT2D eigenvalue weighted by Crippen LogP contribution is -2.33. The van der Waals surface area contributed by atoms with Crippen molar-refractivity contribution in [2.24, 2.45) is 10.9 Å². The van der Waals surface area contributed by atoms with Gasteiger partial charge < -0.3 is 10.6 Å². The van der Waals surface area contributed by atoms with E-state index in [1.165, 1.54) is 0 Å². The summed E-state index contributed by atoms with van der Waals surface area (Å²) in [6.07, 6.45) is 0.409. The van der Waals surface area contributed by atoms with Gasteiger partial charge in [0.1, 0.15) is 11.2 Å². The average molecular weight is 222 g/mol. The monoisotopic (exact) mass is 222 g/mol. The normalized spacial score (nSPS) is 11.3. The van der Waals surface area contributed by atoms with E-state index in [1.54, 1.807) is 0 Å². The summed E-state index contributed by atoms with van der Waals surface area (Å²) in [5.41, 5.74) is 6.56. The summed E-state index contributed by atoms with van der Waals surface area (Å²) < 4.78 is 0. The second-order valence-electron chi connectivity index (χ2n) is 2.89. The maximum atomic E-state index is 11.2. The number of hydrogen-bond donors (Lipinski definition) is 1. The van der Waals surface area contributed by atoms with Crippen LogP contribution >= 0.6 is 12.2 Å². The molecule has 0 radical (unpaired) electrons. The molecule has 1 aromatic rings. The van der Waals surface area contributed by atoms with Gasteiger partial charge in [-0.25, -0.2) is 4.79 Å². The third-order valence-electron chi connectivity index (χ3n) is 1.77. The predicted octanol–water partition coefficient (Wildman–Crippen LogP) is 1.12. The van der Waals surface area contributed by atoms with E-state index >= 15 is 0 Å². The zero-order chi connectivity index (χ0) is 11.1. The van der Waals surface area contributed by atoms with Crippen LogP contribution in [-0.4, -0.2) is 17.2 Å². The summed E-state index contributed by atoms with van der Waals surface area (Å²) in [6.45, 7) is 0. The first kappa shape index (κ1) is 11.5. The topological polar surface area (TPSA) is 64.7 Å². The largest absolute Gasteiger partial charge is 0.352 e. The first-order valence-corrected chi connectivity index (χ1v) is 4.72. The number of thiocarbonyl (C=S) groups is 1. The van der Waals surface area contributed by atoms with Gasteiger partial charge in [0.25, 0.3) is 0 Å². The van der Waals surface area contributed by atoms with Crippen LogP contribution in [0.4, 0.5) is 0 Å². The maximum Gasteiger partial charge on any atom is 0.352 e. The Labute approximate surface area is 92.7 Å². The molecule has 78 valence electrons. The van der Waals surface area contributed by atoms with Gasteiger partial charge in [-0.1, -0.05) is 30.3 Å². The Bertz CT molecular complexity index is 374. The summed E-state index contributed by atoms with van der Waals surface area (Å²) in [5, 5.41) is 5.00. The van der Waals surface area contributed by atoms with E-state index in [2.05, 4.69) is 22.2 Å². The van der Waals surface area contributed by atoms with Crippen molar-refractivity contribution in [1.82, 2.24) is 0 Å². The Morgan fingerprint density at radius 2 is 2.20 bits per heavy atom. The van der Waals surface area contributed by atoms with Gasteiger partial charge in [-0.15, -0.1) is 0 Å². The Balaban J connectivity index is 2.52. The van der Waals surface area contributed by atoms with Gasteiger partial charge in [0.15, 0.2) is 0 Å². The highest BCUT2D eigenvalue weighted by Crippen LogP contribution is 2.02. The summed E-state index contributed by atoms with van der Waals surface area (Å²) in [7, 11) is 0. The number of carbonyl (C=O) groups excluding carboxylic acids is 1. The van der Waals surface area contributed by atoms with Crippen molar-refractivity contribution in [1.29, 1.82) is 0 Å². The third-order valence-corrected chi connectivity index (χ3v) is 1.85. The Morgan fingerprint density at radius 1 is 1.53 bits per heavy atom. The maximum absolute atomic E-state index is 11.2. The minimum Gasteiger partial charge on any atom is -0.318 e. The minimum atomic E-state index is -0.737. The smallest absolute Gasteiger partial charge is 0.318 e. The lowest BCUT2D eigenvalue weighted by molar-refractivity contribution is -0.145. The van der Waals surface area contributed by atoms with Crippen LogP contribution in [0.3, 0.4) is 0 Å². The quantitative estimate of drug-likeness (QED) is 0.359. The van der Waals surface area contributed by atoms with Crippen molar-refractivity contribution in [2.45, 2.75) is 12.5 Å². The van der Waals surface area contributed by atoms with Gasteiger partial charge >= 0.3 is 5.97 Å². The molecule has 5 heteroatoms. The highest BCUT2D eigenvalue weighted by atomic mass is 32.1.